The number of likely N-dealkylation sites (tertiary alicyclic amines) is 2. The Balaban J connectivity index is 1.22. The lowest BCUT2D eigenvalue weighted by atomic mass is 9.97. The summed E-state index contributed by atoms with van der Waals surface area (Å²) < 4.78 is 39.5. The number of nitrogens with one attached hydrogen (secondary N) is 1. The predicted molar refractivity (Wildman–Crippen MR) is 170 cm³/mol. The molecular weight excluding hydrogens is 577 g/mol. The van der Waals surface area contributed by atoms with Crippen molar-refractivity contribution < 1.29 is 13.2 Å². The highest BCUT2D eigenvalue weighted by Crippen LogP contribution is 2.32. The van der Waals surface area contributed by atoms with Crippen molar-refractivity contribution in [1.29, 1.82) is 0 Å². The Labute approximate surface area is 262 Å². The predicted octanol–water partition coefficient (Wildman–Crippen LogP) is 6.57. The lowest BCUT2D eigenvalue weighted by molar-refractivity contribution is -0.137. The molecule has 0 aliphatic carbocycles. The highest BCUT2D eigenvalue weighted by atomic mass is 19.4. The molecule has 3 aromatic heterocycles. The van der Waals surface area contributed by atoms with Crippen molar-refractivity contribution in [3.8, 4) is 11.3 Å². The molecule has 2 aliphatic rings. The van der Waals surface area contributed by atoms with Gasteiger partial charge in [0.1, 0.15) is 5.82 Å². The fourth-order valence-corrected chi connectivity index (χ4v) is 6.32. The molecule has 0 spiro atoms. The molecule has 236 valence electrons. The van der Waals surface area contributed by atoms with Crippen LogP contribution < -0.4 is 10.2 Å². The third-order valence-electron chi connectivity index (χ3n) is 8.90. The molecule has 11 heteroatoms. The topological polar surface area (TPSA) is 73.3 Å². The molecule has 0 unspecified atom stereocenters. The largest absolute Gasteiger partial charge is 0.416 e. The van der Waals surface area contributed by atoms with Gasteiger partial charge in [0.25, 0.3) is 0 Å². The van der Waals surface area contributed by atoms with Crippen LogP contribution in [0.3, 0.4) is 0 Å². The number of anilines is 3. The van der Waals surface area contributed by atoms with Crippen LogP contribution in [0.2, 0.25) is 0 Å². The number of piperidine rings is 2. The van der Waals surface area contributed by atoms with Gasteiger partial charge in [-0.2, -0.15) is 13.2 Å². The van der Waals surface area contributed by atoms with Crippen molar-refractivity contribution in [1.82, 2.24) is 29.7 Å². The van der Waals surface area contributed by atoms with Gasteiger partial charge >= 0.3 is 6.18 Å². The molecule has 6 rings (SSSR count). The van der Waals surface area contributed by atoms with Gasteiger partial charge in [-0.15, -0.1) is 0 Å². The minimum Gasteiger partial charge on any atom is -0.340 e. The first-order valence-corrected chi connectivity index (χ1v) is 15.6. The summed E-state index contributed by atoms with van der Waals surface area (Å²) in [6.45, 7) is 6.82. The van der Waals surface area contributed by atoms with Crippen LogP contribution in [-0.4, -0.2) is 75.0 Å². The smallest absolute Gasteiger partial charge is 0.340 e. The van der Waals surface area contributed by atoms with Crippen LogP contribution in [0.25, 0.3) is 11.3 Å². The maximum Gasteiger partial charge on any atom is 0.416 e. The van der Waals surface area contributed by atoms with E-state index < -0.39 is 11.7 Å². The van der Waals surface area contributed by atoms with Crippen molar-refractivity contribution in [2.75, 3.05) is 43.4 Å². The van der Waals surface area contributed by atoms with E-state index in [1.807, 2.05) is 31.3 Å². The summed E-state index contributed by atoms with van der Waals surface area (Å²) in [5, 5.41) is 3.33. The lowest BCUT2D eigenvalue weighted by Gasteiger charge is -2.43. The summed E-state index contributed by atoms with van der Waals surface area (Å²) in [5.41, 5.74) is 3.40. The Hall–Kier alpha value is -4.09. The molecule has 2 aliphatic heterocycles. The Bertz CT molecular complexity index is 1550. The van der Waals surface area contributed by atoms with E-state index in [9.17, 15) is 13.2 Å². The maximum atomic E-state index is 13.2. The highest BCUT2D eigenvalue weighted by molar-refractivity contribution is 5.61. The number of halogens is 3. The van der Waals surface area contributed by atoms with Gasteiger partial charge in [-0.25, -0.2) is 15.0 Å². The van der Waals surface area contributed by atoms with Crippen LogP contribution in [-0.2, 0) is 12.7 Å². The molecule has 1 aromatic carbocycles. The molecule has 0 amide bonds. The standard InChI is InChI=1S/C34H39F3N8/c1-24-21-28(9-15-38-24)41-32-8-3-25(22-40-32)23-45(30-13-19-44(20-14-30)29-11-17-43(2)18-12-29)33-39-16-10-31(42-33)26-4-6-27(7-5-26)34(35,36)37/h3-10,15-16,21-22,29-30H,11-14,17-20,23H2,1-2H3,(H,38,40,41). The molecule has 5 heterocycles. The number of benzene rings is 1. The van der Waals surface area contributed by atoms with Crippen LogP contribution >= 0.6 is 0 Å². The first-order valence-electron chi connectivity index (χ1n) is 15.6. The molecule has 0 bridgehead atoms. The maximum absolute atomic E-state index is 13.2. The van der Waals surface area contributed by atoms with Gasteiger partial charge in [-0.1, -0.05) is 18.2 Å². The third kappa shape index (κ3) is 7.77. The molecule has 2 saturated heterocycles. The van der Waals surface area contributed by atoms with E-state index in [1.54, 1.807) is 18.5 Å². The number of aromatic nitrogens is 4. The molecule has 0 atom stereocenters. The summed E-state index contributed by atoms with van der Waals surface area (Å²) in [6, 6.07) is 15.6. The van der Waals surface area contributed by atoms with Crippen molar-refractivity contribution in [3.05, 3.63) is 90.0 Å². The molecule has 8 nitrogen and oxygen atoms in total. The Morgan fingerprint density at radius 1 is 0.867 bits per heavy atom. The summed E-state index contributed by atoms with van der Waals surface area (Å²) in [7, 11) is 2.19. The van der Waals surface area contributed by atoms with Crippen molar-refractivity contribution in [2.45, 2.75) is 57.4 Å². The van der Waals surface area contributed by atoms with Crippen molar-refractivity contribution >= 4 is 17.5 Å². The van der Waals surface area contributed by atoms with Crippen LogP contribution in [0.5, 0.6) is 0 Å². The van der Waals surface area contributed by atoms with Crippen LogP contribution in [0.15, 0.2) is 73.2 Å². The lowest BCUT2D eigenvalue weighted by Crippen LogP contribution is -2.51. The Morgan fingerprint density at radius 2 is 1.60 bits per heavy atom. The van der Waals surface area contributed by atoms with Crippen LogP contribution in [0.1, 0.15) is 42.5 Å². The van der Waals surface area contributed by atoms with E-state index in [2.05, 4.69) is 48.1 Å². The quantitative estimate of drug-likeness (QED) is 0.238. The number of aryl methyl sites for hydroxylation is 1. The zero-order valence-corrected chi connectivity index (χ0v) is 25.7. The van der Waals surface area contributed by atoms with Gasteiger partial charge in [0, 0.05) is 67.3 Å². The van der Waals surface area contributed by atoms with Crippen molar-refractivity contribution in [3.63, 3.8) is 0 Å². The average Bonchev–Trinajstić information content (AvgIpc) is 3.05. The fraction of sp³-hybridized carbons (Fsp3) is 0.412. The Kier molecular flexibility index (Phi) is 9.27. The zero-order valence-electron chi connectivity index (χ0n) is 25.7. The summed E-state index contributed by atoms with van der Waals surface area (Å²) in [4.78, 5) is 25.8. The first-order chi connectivity index (χ1) is 21.7. The van der Waals surface area contributed by atoms with Gasteiger partial charge < -0.3 is 20.0 Å². The second kappa shape index (κ2) is 13.5. The van der Waals surface area contributed by atoms with E-state index in [-0.39, 0.29) is 6.04 Å². The van der Waals surface area contributed by atoms with E-state index in [1.165, 1.54) is 25.0 Å². The summed E-state index contributed by atoms with van der Waals surface area (Å²) in [5.74, 6) is 1.31. The number of hydrogen-bond acceptors (Lipinski definition) is 8. The van der Waals surface area contributed by atoms with Gasteiger partial charge in [0.05, 0.1) is 11.3 Å². The Morgan fingerprint density at radius 3 is 2.27 bits per heavy atom. The van der Waals surface area contributed by atoms with Gasteiger partial charge in [-0.05, 0) is 94.7 Å². The monoisotopic (exact) mass is 616 g/mol. The van der Waals surface area contributed by atoms with E-state index >= 15 is 0 Å². The second-order valence-electron chi connectivity index (χ2n) is 12.1. The molecule has 4 aromatic rings. The minimum atomic E-state index is -4.38. The normalized spacial score (nSPS) is 17.4. The molecule has 2 fully saturated rings. The SMILES string of the molecule is Cc1cc(Nc2ccc(CN(c3nccc(-c4ccc(C(F)(F)F)cc4)n3)C3CCN(C4CCN(C)CC4)CC3)cn2)ccn1. The molecule has 0 radical (unpaired) electrons. The number of alkyl halides is 3. The van der Waals surface area contributed by atoms with Crippen LogP contribution in [0.4, 0.5) is 30.6 Å². The average molecular weight is 617 g/mol. The van der Waals surface area contributed by atoms with Crippen molar-refractivity contribution in [2.24, 2.45) is 0 Å². The summed E-state index contributed by atoms with van der Waals surface area (Å²) in [6.07, 6.45) is 5.31. The van der Waals surface area contributed by atoms with Gasteiger partial charge in [-0.3, -0.25) is 4.98 Å². The van der Waals surface area contributed by atoms with E-state index in [4.69, 9.17) is 4.98 Å². The number of pyridine rings is 2. The van der Waals surface area contributed by atoms with Gasteiger partial charge in [0.15, 0.2) is 0 Å². The number of rotatable bonds is 8. The van der Waals surface area contributed by atoms with E-state index in [0.29, 0.717) is 29.8 Å². The second-order valence-corrected chi connectivity index (χ2v) is 12.1. The molecule has 1 N–H and O–H groups in total. The van der Waals surface area contributed by atoms with E-state index in [0.717, 1.165) is 73.9 Å². The highest BCUT2D eigenvalue weighted by Gasteiger charge is 2.32. The molecular formula is C34H39F3N8. The zero-order chi connectivity index (χ0) is 31.4. The summed E-state index contributed by atoms with van der Waals surface area (Å²) >= 11 is 0. The number of hydrogen-bond donors (Lipinski definition) is 1. The third-order valence-corrected chi connectivity index (χ3v) is 8.90. The molecule has 45 heavy (non-hydrogen) atoms. The molecule has 0 saturated carbocycles. The minimum absolute atomic E-state index is 0.216. The van der Waals surface area contributed by atoms with Crippen LogP contribution in [0, 0.1) is 6.92 Å². The first kappa shape index (κ1) is 30.9. The fourth-order valence-electron chi connectivity index (χ4n) is 6.32. The van der Waals surface area contributed by atoms with Gasteiger partial charge in [0.2, 0.25) is 5.95 Å². The number of nitrogens with zero attached hydrogens (tertiary/aromatic N) is 7.